The van der Waals surface area contributed by atoms with Gasteiger partial charge in [-0.3, -0.25) is 5.10 Å². The quantitative estimate of drug-likeness (QED) is 0.758. The second-order valence-electron chi connectivity index (χ2n) is 6.74. The Morgan fingerprint density at radius 3 is 2.25 bits per heavy atom. The Kier molecular flexibility index (Phi) is 3.91. The number of hydrogen-bond acceptors (Lipinski definition) is 3. The van der Waals surface area contributed by atoms with Crippen LogP contribution in [0.5, 0.6) is 0 Å². The highest BCUT2D eigenvalue weighted by atomic mass is 19.1. The standard InChI is InChI=1S/C18H18F2N4/c1-10-21-17(24-23-10)16-8-11(18(2,3)4)7-15(22-16)13-6-5-12(19)9-14(13)20/h5-9H,1-4H3,(H,21,23,24). The summed E-state index contributed by atoms with van der Waals surface area (Å²) in [6.45, 7) is 7.96. The third-order valence-electron chi connectivity index (χ3n) is 3.72. The fourth-order valence-electron chi connectivity index (χ4n) is 2.37. The lowest BCUT2D eigenvalue weighted by atomic mass is 9.86. The monoisotopic (exact) mass is 328 g/mol. The maximum atomic E-state index is 14.2. The Balaban J connectivity index is 2.22. The molecule has 0 spiro atoms. The number of aromatic nitrogens is 4. The second-order valence-corrected chi connectivity index (χ2v) is 6.74. The van der Waals surface area contributed by atoms with E-state index in [1.165, 1.54) is 12.1 Å². The predicted octanol–water partition coefficient (Wildman–Crippen LogP) is 4.42. The van der Waals surface area contributed by atoms with Gasteiger partial charge < -0.3 is 0 Å². The zero-order valence-electron chi connectivity index (χ0n) is 14.0. The number of nitrogens with one attached hydrogen (secondary N) is 1. The highest BCUT2D eigenvalue weighted by Gasteiger charge is 2.20. The number of rotatable bonds is 2. The van der Waals surface area contributed by atoms with E-state index in [1.54, 1.807) is 6.92 Å². The molecule has 0 radical (unpaired) electrons. The average molecular weight is 328 g/mol. The van der Waals surface area contributed by atoms with Crippen molar-refractivity contribution >= 4 is 0 Å². The number of benzene rings is 1. The van der Waals surface area contributed by atoms with Crippen LogP contribution in [-0.4, -0.2) is 20.2 Å². The van der Waals surface area contributed by atoms with Gasteiger partial charge >= 0.3 is 0 Å². The highest BCUT2D eigenvalue weighted by molar-refractivity contribution is 5.65. The summed E-state index contributed by atoms with van der Waals surface area (Å²) in [7, 11) is 0. The van der Waals surface area contributed by atoms with Crippen molar-refractivity contribution in [2.45, 2.75) is 33.1 Å². The average Bonchev–Trinajstić information content (AvgIpc) is 2.92. The van der Waals surface area contributed by atoms with Gasteiger partial charge in [0.2, 0.25) is 0 Å². The molecule has 0 amide bonds. The summed E-state index contributed by atoms with van der Waals surface area (Å²) < 4.78 is 27.4. The van der Waals surface area contributed by atoms with Gasteiger partial charge in [0.25, 0.3) is 0 Å². The van der Waals surface area contributed by atoms with Gasteiger partial charge in [-0.1, -0.05) is 20.8 Å². The highest BCUT2D eigenvalue weighted by Crippen LogP contribution is 2.31. The summed E-state index contributed by atoms with van der Waals surface area (Å²) in [5.41, 5.74) is 2.02. The molecule has 2 heterocycles. The number of halogens is 2. The first-order valence-corrected chi connectivity index (χ1v) is 7.61. The maximum absolute atomic E-state index is 14.2. The van der Waals surface area contributed by atoms with Gasteiger partial charge in [-0.15, -0.1) is 0 Å². The summed E-state index contributed by atoms with van der Waals surface area (Å²) in [6.07, 6.45) is 0. The second kappa shape index (κ2) is 5.78. The van der Waals surface area contributed by atoms with Crippen molar-refractivity contribution in [2.75, 3.05) is 0 Å². The van der Waals surface area contributed by atoms with Crippen LogP contribution in [0.1, 0.15) is 32.2 Å². The SMILES string of the molecule is Cc1nc(-c2cc(C(C)(C)C)cc(-c3ccc(F)cc3F)n2)n[nH]1. The van der Waals surface area contributed by atoms with E-state index in [0.717, 1.165) is 11.6 Å². The number of hydrogen-bond donors (Lipinski definition) is 1. The summed E-state index contributed by atoms with van der Waals surface area (Å²) >= 11 is 0. The molecule has 1 N–H and O–H groups in total. The molecule has 0 bridgehead atoms. The largest absolute Gasteiger partial charge is 0.263 e. The number of aryl methyl sites for hydroxylation is 1. The molecule has 6 heteroatoms. The zero-order chi connectivity index (χ0) is 17.5. The van der Waals surface area contributed by atoms with E-state index >= 15 is 0 Å². The third-order valence-corrected chi connectivity index (χ3v) is 3.72. The van der Waals surface area contributed by atoms with Crippen molar-refractivity contribution in [3.8, 4) is 22.8 Å². The van der Waals surface area contributed by atoms with Crippen LogP contribution < -0.4 is 0 Å². The summed E-state index contributed by atoms with van der Waals surface area (Å²) in [4.78, 5) is 8.78. The van der Waals surface area contributed by atoms with Crippen molar-refractivity contribution in [3.05, 3.63) is 53.4 Å². The molecule has 0 saturated carbocycles. The fraction of sp³-hybridized carbons (Fsp3) is 0.278. The molecule has 2 aromatic heterocycles. The van der Waals surface area contributed by atoms with Crippen LogP contribution in [0.15, 0.2) is 30.3 Å². The molecule has 0 saturated heterocycles. The van der Waals surface area contributed by atoms with Gasteiger partial charge in [0.1, 0.15) is 23.2 Å². The molecular weight excluding hydrogens is 310 g/mol. The molecule has 24 heavy (non-hydrogen) atoms. The van der Waals surface area contributed by atoms with E-state index < -0.39 is 11.6 Å². The van der Waals surface area contributed by atoms with Crippen LogP contribution >= 0.6 is 0 Å². The smallest absolute Gasteiger partial charge is 0.199 e. The molecular formula is C18H18F2N4. The van der Waals surface area contributed by atoms with Gasteiger partial charge in [0.05, 0.1) is 5.69 Å². The Morgan fingerprint density at radius 2 is 1.67 bits per heavy atom. The lowest BCUT2D eigenvalue weighted by molar-refractivity contribution is 0.583. The minimum absolute atomic E-state index is 0.172. The minimum atomic E-state index is -0.648. The van der Waals surface area contributed by atoms with Crippen molar-refractivity contribution in [2.24, 2.45) is 0 Å². The van der Waals surface area contributed by atoms with Crippen LogP contribution in [0.4, 0.5) is 8.78 Å². The van der Waals surface area contributed by atoms with E-state index in [4.69, 9.17) is 0 Å². The van der Waals surface area contributed by atoms with Gasteiger partial charge in [0, 0.05) is 11.6 Å². The first-order valence-electron chi connectivity index (χ1n) is 7.61. The molecule has 0 fully saturated rings. The molecule has 124 valence electrons. The maximum Gasteiger partial charge on any atom is 0.199 e. The van der Waals surface area contributed by atoms with E-state index in [1.807, 2.05) is 12.1 Å². The van der Waals surface area contributed by atoms with Crippen LogP contribution in [0, 0.1) is 18.6 Å². The molecule has 0 aliphatic heterocycles. The summed E-state index contributed by atoms with van der Waals surface area (Å²) in [5, 5.41) is 6.91. The van der Waals surface area contributed by atoms with E-state index in [-0.39, 0.29) is 11.0 Å². The molecule has 0 atom stereocenters. The molecule has 1 aromatic carbocycles. The van der Waals surface area contributed by atoms with Crippen LogP contribution in [0.2, 0.25) is 0 Å². The summed E-state index contributed by atoms with van der Waals surface area (Å²) in [5.74, 6) is -0.149. The Hall–Kier alpha value is -2.63. The van der Waals surface area contributed by atoms with Gasteiger partial charge in [0.15, 0.2) is 5.82 Å². The molecule has 0 unspecified atom stereocenters. The zero-order valence-corrected chi connectivity index (χ0v) is 14.0. The lowest BCUT2D eigenvalue weighted by Crippen LogP contribution is -2.12. The third kappa shape index (κ3) is 3.18. The number of H-pyrrole nitrogens is 1. The van der Waals surface area contributed by atoms with Crippen LogP contribution in [0.25, 0.3) is 22.8 Å². The van der Waals surface area contributed by atoms with Crippen molar-refractivity contribution < 1.29 is 8.78 Å². The number of pyridine rings is 1. The molecule has 3 aromatic rings. The normalized spacial score (nSPS) is 11.8. The summed E-state index contributed by atoms with van der Waals surface area (Å²) in [6, 6.07) is 7.19. The topological polar surface area (TPSA) is 54.5 Å². The first kappa shape index (κ1) is 16.2. The van der Waals surface area contributed by atoms with Crippen molar-refractivity contribution in [3.63, 3.8) is 0 Å². The molecule has 0 aliphatic rings. The first-order chi connectivity index (χ1) is 11.2. The van der Waals surface area contributed by atoms with Crippen molar-refractivity contribution in [1.29, 1.82) is 0 Å². The number of aromatic amines is 1. The van der Waals surface area contributed by atoms with E-state index in [2.05, 4.69) is 40.9 Å². The van der Waals surface area contributed by atoms with Gasteiger partial charge in [-0.25, -0.2) is 18.7 Å². The minimum Gasteiger partial charge on any atom is -0.263 e. The van der Waals surface area contributed by atoms with E-state index in [9.17, 15) is 8.78 Å². The Bertz CT molecular complexity index is 894. The van der Waals surface area contributed by atoms with Gasteiger partial charge in [-0.2, -0.15) is 5.10 Å². The van der Waals surface area contributed by atoms with E-state index in [0.29, 0.717) is 23.0 Å². The fourth-order valence-corrected chi connectivity index (χ4v) is 2.37. The van der Waals surface area contributed by atoms with Crippen LogP contribution in [-0.2, 0) is 5.41 Å². The Labute approximate surface area is 139 Å². The molecule has 4 nitrogen and oxygen atoms in total. The predicted molar refractivity (Wildman–Crippen MR) is 88.4 cm³/mol. The Morgan fingerprint density at radius 1 is 0.958 bits per heavy atom. The van der Waals surface area contributed by atoms with Crippen LogP contribution in [0.3, 0.4) is 0 Å². The molecule has 3 rings (SSSR count). The number of nitrogens with zero attached hydrogens (tertiary/aromatic N) is 3. The molecule has 0 aliphatic carbocycles. The van der Waals surface area contributed by atoms with Crippen molar-refractivity contribution in [1.82, 2.24) is 20.2 Å². The lowest BCUT2D eigenvalue weighted by Gasteiger charge is -2.20. The van der Waals surface area contributed by atoms with Gasteiger partial charge in [-0.05, 0) is 42.2 Å².